The van der Waals surface area contributed by atoms with Crippen molar-refractivity contribution < 1.29 is 13.9 Å². The number of aryl methyl sites for hydroxylation is 1. The first kappa shape index (κ1) is 11.7. The third kappa shape index (κ3) is 2.31. The molecule has 0 fully saturated rings. The molecule has 0 saturated carbocycles. The van der Waals surface area contributed by atoms with Gasteiger partial charge < -0.3 is 5.11 Å². The van der Waals surface area contributed by atoms with Gasteiger partial charge in [-0.2, -0.15) is 0 Å². The molecular formula is C13H11F2NO. The van der Waals surface area contributed by atoms with Crippen LogP contribution in [0.1, 0.15) is 22.9 Å². The Kier molecular flexibility index (Phi) is 3.15. The van der Waals surface area contributed by atoms with E-state index in [2.05, 4.69) is 4.98 Å². The Morgan fingerprint density at radius 1 is 1.18 bits per heavy atom. The molecule has 0 spiro atoms. The maximum Gasteiger partial charge on any atom is 0.129 e. The predicted molar refractivity (Wildman–Crippen MR) is 59.4 cm³/mol. The normalized spacial score (nSPS) is 12.5. The van der Waals surface area contributed by atoms with E-state index in [1.54, 1.807) is 25.3 Å². The Hall–Kier alpha value is -1.81. The number of benzene rings is 1. The van der Waals surface area contributed by atoms with Crippen LogP contribution < -0.4 is 0 Å². The lowest BCUT2D eigenvalue weighted by atomic mass is 10.00. The third-order valence-corrected chi connectivity index (χ3v) is 2.60. The first-order chi connectivity index (χ1) is 8.09. The highest BCUT2D eigenvalue weighted by molar-refractivity contribution is 5.32. The Morgan fingerprint density at radius 3 is 2.65 bits per heavy atom. The topological polar surface area (TPSA) is 33.1 Å². The molecule has 1 heterocycles. The van der Waals surface area contributed by atoms with Gasteiger partial charge >= 0.3 is 0 Å². The lowest BCUT2D eigenvalue weighted by Gasteiger charge is -2.14. The number of rotatable bonds is 2. The standard InChI is InChI=1S/C13H11F2NO/c1-8-10(3-2-6-16-8)13(17)11-7-9(14)4-5-12(11)15/h2-7,13,17H,1H3. The molecule has 0 aliphatic rings. The van der Waals surface area contributed by atoms with Crippen LogP contribution in [0.25, 0.3) is 0 Å². The molecule has 0 aliphatic carbocycles. The van der Waals surface area contributed by atoms with E-state index >= 15 is 0 Å². The average Bonchev–Trinajstić information content (AvgIpc) is 2.32. The van der Waals surface area contributed by atoms with Crippen LogP contribution in [-0.4, -0.2) is 10.1 Å². The lowest BCUT2D eigenvalue weighted by Crippen LogP contribution is -2.06. The predicted octanol–water partition coefficient (Wildman–Crippen LogP) is 2.75. The lowest BCUT2D eigenvalue weighted by molar-refractivity contribution is 0.213. The van der Waals surface area contributed by atoms with Crippen molar-refractivity contribution >= 4 is 0 Å². The number of hydrogen-bond acceptors (Lipinski definition) is 2. The number of aliphatic hydroxyl groups is 1. The van der Waals surface area contributed by atoms with Gasteiger partial charge in [0.05, 0.1) is 0 Å². The summed E-state index contributed by atoms with van der Waals surface area (Å²) in [5.41, 5.74) is 0.974. The van der Waals surface area contributed by atoms with E-state index in [-0.39, 0.29) is 5.56 Å². The molecule has 2 aromatic rings. The second-order valence-electron chi connectivity index (χ2n) is 3.75. The van der Waals surface area contributed by atoms with Gasteiger partial charge in [-0.05, 0) is 31.2 Å². The van der Waals surface area contributed by atoms with E-state index in [4.69, 9.17) is 0 Å². The average molecular weight is 235 g/mol. The minimum atomic E-state index is -1.21. The molecule has 4 heteroatoms. The molecular weight excluding hydrogens is 224 g/mol. The van der Waals surface area contributed by atoms with E-state index in [1.165, 1.54) is 0 Å². The van der Waals surface area contributed by atoms with Crippen molar-refractivity contribution in [3.63, 3.8) is 0 Å². The van der Waals surface area contributed by atoms with E-state index in [9.17, 15) is 13.9 Å². The van der Waals surface area contributed by atoms with Gasteiger partial charge in [0.25, 0.3) is 0 Å². The SMILES string of the molecule is Cc1ncccc1C(O)c1cc(F)ccc1F. The molecule has 2 rings (SSSR count). The molecule has 88 valence electrons. The fourth-order valence-electron chi connectivity index (χ4n) is 1.68. The van der Waals surface area contributed by atoms with E-state index in [1.807, 2.05) is 0 Å². The second kappa shape index (κ2) is 4.59. The minimum absolute atomic E-state index is 0.0823. The first-order valence-electron chi connectivity index (χ1n) is 5.14. The van der Waals surface area contributed by atoms with Gasteiger partial charge in [-0.1, -0.05) is 6.07 Å². The highest BCUT2D eigenvalue weighted by Crippen LogP contribution is 2.26. The van der Waals surface area contributed by atoms with Crippen LogP contribution in [-0.2, 0) is 0 Å². The fourth-order valence-corrected chi connectivity index (χ4v) is 1.68. The zero-order valence-electron chi connectivity index (χ0n) is 9.19. The van der Waals surface area contributed by atoms with Crippen molar-refractivity contribution in [1.29, 1.82) is 0 Å². The maximum absolute atomic E-state index is 13.5. The van der Waals surface area contributed by atoms with Gasteiger partial charge in [0.2, 0.25) is 0 Å². The summed E-state index contributed by atoms with van der Waals surface area (Å²) in [6.07, 6.45) is 0.368. The molecule has 0 bridgehead atoms. The van der Waals surface area contributed by atoms with Crippen LogP contribution in [0.3, 0.4) is 0 Å². The number of hydrogen-bond donors (Lipinski definition) is 1. The largest absolute Gasteiger partial charge is 0.383 e. The van der Waals surface area contributed by atoms with Crippen LogP contribution in [0.15, 0.2) is 36.5 Å². The molecule has 1 aromatic carbocycles. The van der Waals surface area contributed by atoms with E-state index in [0.29, 0.717) is 11.3 Å². The summed E-state index contributed by atoms with van der Waals surface area (Å²) in [4.78, 5) is 4.00. The van der Waals surface area contributed by atoms with Gasteiger partial charge in [-0.3, -0.25) is 4.98 Å². The van der Waals surface area contributed by atoms with Crippen LogP contribution >= 0.6 is 0 Å². The van der Waals surface area contributed by atoms with Crippen LogP contribution in [0, 0.1) is 18.6 Å². The summed E-state index contributed by atoms with van der Waals surface area (Å²) in [7, 11) is 0. The second-order valence-corrected chi connectivity index (χ2v) is 3.75. The fraction of sp³-hybridized carbons (Fsp3) is 0.154. The summed E-state index contributed by atoms with van der Waals surface area (Å²) in [6.45, 7) is 1.70. The van der Waals surface area contributed by atoms with Crippen molar-refractivity contribution in [3.8, 4) is 0 Å². The van der Waals surface area contributed by atoms with Gasteiger partial charge in [0.1, 0.15) is 17.7 Å². The van der Waals surface area contributed by atoms with Crippen LogP contribution in [0.5, 0.6) is 0 Å². The van der Waals surface area contributed by atoms with Gasteiger partial charge in [-0.25, -0.2) is 8.78 Å². The van der Waals surface area contributed by atoms with Gasteiger partial charge in [-0.15, -0.1) is 0 Å². The number of halogens is 2. The minimum Gasteiger partial charge on any atom is -0.383 e. The Morgan fingerprint density at radius 2 is 1.94 bits per heavy atom. The molecule has 1 N–H and O–H groups in total. The van der Waals surface area contributed by atoms with Crippen molar-refractivity contribution in [2.75, 3.05) is 0 Å². The summed E-state index contributed by atoms with van der Waals surface area (Å²) in [6, 6.07) is 6.29. The van der Waals surface area contributed by atoms with Crippen LogP contribution in [0.4, 0.5) is 8.78 Å². The summed E-state index contributed by atoms with van der Waals surface area (Å²) >= 11 is 0. The quantitative estimate of drug-likeness (QED) is 0.868. The third-order valence-electron chi connectivity index (χ3n) is 2.60. The number of aliphatic hydroxyl groups excluding tert-OH is 1. The Balaban J connectivity index is 2.47. The molecule has 1 aromatic heterocycles. The Bertz CT molecular complexity index is 543. The molecule has 1 atom stereocenters. The van der Waals surface area contributed by atoms with Crippen molar-refractivity contribution in [2.24, 2.45) is 0 Å². The molecule has 0 saturated heterocycles. The van der Waals surface area contributed by atoms with Crippen molar-refractivity contribution in [3.05, 3.63) is 65.0 Å². The van der Waals surface area contributed by atoms with E-state index in [0.717, 1.165) is 18.2 Å². The molecule has 2 nitrogen and oxygen atoms in total. The summed E-state index contributed by atoms with van der Waals surface area (Å²) < 4.78 is 26.5. The van der Waals surface area contributed by atoms with Crippen molar-refractivity contribution in [2.45, 2.75) is 13.0 Å². The number of nitrogens with zero attached hydrogens (tertiary/aromatic N) is 1. The maximum atomic E-state index is 13.5. The first-order valence-corrected chi connectivity index (χ1v) is 5.14. The van der Waals surface area contributed by atoms with E-state index < -0.39 is 17.7 Å². The Labute approximate surface area is 97.6 Å². The molecule has 0 amide bonds. The molecule has 0 radical (unpaired) electrons. The zero-order valence-corrected chi connectivity index (χ0v) is 9.19. The number of pyridine rings is 1. The van der Waals surface area contributed by atoms with Crippen LogP contribution in [0.2, 0.25) is 0 Å². The number of aromatic nitrogens is 1. The monoisotopic (exact) mass is 235 g/mol. The summed E-state index contributed by atoms with van der Waals surface area (Å²) in [5.74, 6) is -1.22. The summed E-state index contributed by atoms with van der Waals surface area (Å²) in [5, 5.41) is 10.0. The zero-order chi connectivity index (χ0) is 12.4. The van der Waals surface area contributed by atoms with Gasteiger partial charge in [0, 0.05) is 23.0 Å². The molecule has 1 unspecified atom stereocenters. The molecule has 17 heavy (non-hydrogen) atoms. The van der Waals surface area contributed by atoms with Crippen molar-refractivity contribution in [1.82, 2.24) is 4.98 Å². The smallest absolute Gasteiger partial charge is 0.129 e. The molecule has 0 aliphatic heterocycles. The highest BCUT2D eigenvalue weighted by Gasteiger charge is 2.17. The highest BCUT2D eigenvalue weighted by atomic mass is 19.1. The van der Waals surface area contributed by atoms with Gasteiger partial charge in [0.15, 0.2) is 0 Å².